The predicted molar refractivity (Wildman–Crippen MR) is 219 cm³/mol. The summed E-state index contributed by atoms with van der Waals surface area (Å²) in [6.45, 7) is 0.0555. The number of anilines is 3. The van der Waals surface area contributed by atoms with E-state index in [0.717, 1.165) is 78.8 Å². The second-order valence-electron chi connectivity index (χ2n) is 13.7. The molecule has 3 heterocycles. The molecule has 11 rings (SSSR count). The van der Waals surface area contributed by atoms with Crippen LogP contribution in [0.25, 0.3) is 38.6 Å². The lowest BCUT2D eigenvalue weighted by molar-refractivity contribution is 0.465. The number of ether oxygens (including phenoxy) is 2. The van der Waals surface area contributed by atoms with E-state index in [-0.39, 0.29) is 6.71 Å². The molecular weight excluding hydrogens is 647 g/mol. The largest absolute Gasteiger partial charge is 0.458 e. The summed E-state index contributed by atoms with van der Waals surface area (Å²) in [5.41, 5.74) is 12.2. The first-order valence-corrected chi connectivity index (χ1v) is 18.0. The summed E-state index contributed by atoms with van der Waals surface area (Å²) >= 11 is 0. The van der Waals surface area contributed by atoms with Crippen molar-refractivity contribution in [2.45, 2.75) is 0 Å². The molecule has 0 fully saturated rings. The van der Waals surface area contributed by atoms with Crippen LogP contribution in [0.1, 0.15) is 0 Å². The summed E-state index contributed by atoms with van der Waals surface area (Å²) in [6.07, 6.45) is 0. The van der Waals surface area contributed by atoms with Crippen molar-refractivity contribution < 1.29 is 9.47 Å². The normalized spacial score (nSPS) is 12.4. The standard InChI is InChI=1S/C48H31BN2O2/c1-3-14-34(15-4-1)50(42-23-13-19-38-37-18-7-10-22-41(37)51(48(38)42)35-16-5-2-6-17-35)36-28-26-32(27-29-36)33-30-45-47-46(31-33)53-44-25-12-9-21-40(44)49(47)39-20-8-11-24-43(39)52-45/h1-31H. The Bertz CT molecular complexity index is 2780. The van der Waals surface area contributed by atoms with E-state index < -0.39 is 0 Å². The van der Waals surface area contributed by atoms with E-state index in [1.807, 2.05) is 12.1 Å². The van der Waals surface area contributed by atoms with Crippen LogP contribution in [-0.2, 0) is 0 Å². The first-order chi connectivity index (χ1) is 26.3. The second-order valence-corrected chi connectivity index (χ2v) is 13.7. The van der Waals surface area contributed by atoms with Gasteiger partial charge in [0.25, 0.3) is 6.71 Å². The Morgan fingerprint density at radius 2 is 1.00 bits per heavy atom. The fourth-order valence-corrected chi connectivity index (χ4v) is 8.39. The number of aromatic nitrogens is 1. The van der Waals surface area contributed by atoms with E-state index in [1.54, 1.807) is 0 Å². The third-order valence-electron chi connectivity index (χ3n) is 10.7. The number of hydrogen-bond donors (Lipinski definition) is 0. The zero-order valence-corrected chi connectivity index (χ0v) is 28.7. The van der Waals surface area contributed by atoms with Crippen LogP contribution in [0.4, 0.5) is 17.1 Å². The topological polar surface area (TPSA) is 26.6 Å². The van der Waals surface area contributed by atoms with Crippen molar-refractivity contribution >= 4 is 62.0 Å². The lowest BCUT2D eigenvalue weighted by Gasteiger charge is -2.33. The minimum absolute atomic E-state index is 0.0555. The summed E-state index contributed by atoms with van der Waals surface area (Å²) in [4.78, 5) is 2.37. The summed E-state index contributed by atoms with van der Waals surface area (Å²) < 4.78 is 15.6. The highest BCUT2D eigenvalue weighted by atomic mass is 16.5. The van der Waals surface area contributed by atoms with Crippen molar-refractivity contribution in [2.75, 3.05) is 4.90 Å². The average molecular weight is 679 g/mol. The molecule has 0 amide bonds. The molecule has 53 heavy (non-hydrogen) atoms. The number of rotatable bonds is 5. The van der Waals surface area contributed by atoms with Crippen molar-refractivity contribution in [2.24, 2.45) is 0 Å². The molecule has 0 N–H and O–H groups in total. The number of para-hydroxylation sites is 6. The molecule has 0 unspecified atom stereocenters. The Balaban J connectivity index is 1.06. The lowest BCUT2D eigenvalue weighted by Crippen LogP contribution is -2.57. The molecule has 0 radical (unpaired) electrons. The lowest BCUT2D eigenvalue weighted by atomic mass is 9.35. The van der Waals surface area contributed by atoms with Gasteiger partial charge in [0.1, 0.15) is 23.0 Å². The van der Waals surface area contributed by atoms with Gasteiger partial charge in [-0.3, -0.25) is 0 Å². The summed E-state index contributed by atoms with van der Waals surface area (Å²) in [6, 6.07) is 66.5. The highest BCUT2D eigenvalue weighted by Crippen LogP contribution is 2.44. The molecule has 248 valence electrons. The van der Waals surface area contributed by atoms with Crippen LogP contribution in [-0.4, -0.2) is 11.3 Å². The van der Waals surface area contributed by atoms with Crippen LogP contribution in [0.15, 0.2) is 188 Å². The van der Waals surface area contributed by atoms with Crippen LogP contribution < -0.4 is 30.8 Å². The first kappa shape index (κ1) is 29.7. The number of nitrogens with zero attached hydrogens (tertiary/aromatic N) is 2. The van der Waals surface area contributed by atoms with Gasteiger partial charge in [-0.15, -0.1) is 0 Å². The van der Waals surface area contributed by atoms with E-state index >= 15 is 0 Å². The Hall–Kier alpha value is -6.98. The van der Waals surface area contributed by atoms with Gasteiger partial charge in [-0.1, -0.05) is 115 Å². The van der Waals surface area contributed by atoms with E-state index in [2.05, 4.69) is 185 Å². The molecule has 1 aromatic heterocycles. The van der Waals surface area contributed by atoms with Gasteiger partial charge in [0.05, 0.1) is 16.7 Å². The van der Waals surface area contributed by atoms with Gasteiger partial charge in [0.15, 0.2) is 0 Å². The van der Waals surface area contributed by atoms with Crippen LogP contribution in [0.3, 0.4) is 0 Å². The second kappa shape index (κ2) is 11.8. The predicted octanol–water partition coefficient (Wildman–Crippen LogP) is 10.6. The van der Waals surface area contributed by atoms with Crippen LogP contribution in [0.5, 0.6) is 23.0 Å². The molecule has 8 aromatic carbocycles. The maximum atomic E-state index is 6.60. The van der Waals surface area contributed by atoms with Gasteiger partial charge < -0.3 is 18.9 Å². The van der Waals surface area contributed by atoms with E-state index in [1.165, 1.54) is 16.3 Å². The van der Waals surface area contributed by atoms with Crippen molar-refractivity contribution in [1.29, 1.82) is 0 Å². The Kier molecular flexibility index (Phi) is 6.61. The van der Waals surface area contributed by atoms with Crippen molar-refractivity contribution in [3.05, 3.63) is 188 Å². The molecule has 2 aliphatic heterocycles. The molecule has 0 saturated carbocycles. The van der Waals surface area contributed by atoms with Crippen molar-refractivity contribution in [1.82, 2.24) is 4.57 Å². The Morgan fingerprint density at radius 3 is 1.70 bits per heavy atom. The van der Waals surface area contributed by atoms with Crippen molar-refractivity contribution in [3.63, 3.8) is 0 Å². The number of benzene rings is 8. The molecular formula is C48H31BN2O2. The molecule has 4 nitrogen and oxygen atoms in total. The molecule has 2 aliphatic rings. The molecule has 0 atom stereocenters. The molecule has 0 aliphatic carbocycles. The van der Waals surface area contributed by atoms with Gasteiger partial charge in [0, 0.05) is 33.3 Å². The fourth-order valence-electron chi connectivity index (χ4n) is 8.39. The van der Waals surface area contributed by atoms with Crippen LogP contribution >= 0.6 is 0 Å². The average Bonchev–Trinajstić information content (AvgIpc) is 3.57. The first-order valence-electron chi connectivity index (χ1n) is 18.0. The van der Waals surface area contributed by atoms with E-state index in [4.69, 9.17) is 9.47 Å². The monoisotopic (exact) mass is 678 g/mol. The number of fused-ring (bicyclic) bond motifs is 7. The highest BCUT2D eigenvalue weighted by Gasteiger charge is 2.40. The molecule has 9 aromatic rings. The highest BCUT2D eigenvalue weighted by molar-refractivity contribution is 6.98. The zero-order chi connectivity index (χ0) is 34.9. The third-order valence-corrected chi connectivity index (χ3v) is 10.7. The maximum Gasteiger partial charge on any atom is 0.260 e. The number of hydrogen-bond acceptors (Lipinski definition) is 3. The quantitative estimate of drug-likeness (QED) is 0.170. The molecule has 5 heteroatoms. The summed E-state index contributed by atoms with van der Waals surface area (Å²) in [5.74, 6) is 3.46. The fraction of sp³-hybridized carbons (Fsp3) is 0. The smallest absolute Gasteiger partial charge is 0.260 e. The minimum atomic E-state index is 0.0555. The minimum Gasteiger partial charge on any atom is -0.458 e. The van der Waals surface area contributed by atoms with E-state index in [0.29, 0.717) is 0 Å². The summed E-state index contributed by atoms with van der Waals surface area (Å²) in [7, 11) is 0. The van der Waals surface area contributed by atoms with Gasteiger partial charge in [0.2, 0.25) is 0 Å². The van der Waals surface area contributed by atoms with Crippen molar-refractivity contribution in [3.8, 4) is 39.8 Å². The zero-order valence-electron chi connectivity index (χ0n) is 28.7. The Labute approximate surface area is 307 Å². The van der Waals surface area contributed by atoms with Gasteiger partial charge >= 0.3 is 0 Å². The van der Waals surface area contributed by atoms with Gasteiger partial charge in [-0.25, -0.2) is 0 Å². The molecule has 0 spiro atoms. The van der Waals surface area contributed by atoms with Gasteiger partial charge in [-0.05, 0) is 94.8 Å². The molecule has 0 bridgehead atoms. The SMILES string of the molecule is c1ccc(N(c2ccc(-c3cc4c5c(c3)Oc3ccccc3B5c3ccccc3O4)cc2)c2cccc3c4ccccc4n(-c4ccccc4)c23)cc1. The summed E-state index contributed by atoms with van der Waals surface area (Å²) in [5, 5.41) is 2.44. The maximum absolute atomic E-state index is 6.60. The van der Waals surface area contributed by atoms with Crippen LogP contribution in [0.2, 0.25) is 0 Å². The Morgan fingerprint density at radius 1 is 0.434 bits per heavy atom. The van der Waals surface area contributed by atoms with E-state index in [9.17, 15) is 0 Å². The molecule has 0 saturated heterocycles. The van der Waals surface area contributed by atoms with Crippen LogP contribution in [0, 0.1) is 0 Å². The van der Waals surface area contributed by atoms with Gasteiger partial charge in [-0.2, -0.15) is 0 Å². The third kappa shape index (κ3) is 4.64.